The first-order valence-corrected chi connectivity index (χ1v) is 14.0. The van der Waals surface area contributed by atoms with Crippen LogP contribution in [0.5, 0.6) is 5.75 Å². The molecular weight excluding hydrogens is 539 g/mol. The first-order valence-electron chi connectivity index (χ1n) is 11.4. The van der Waals surface area contributed by atoms with Crippen LogP contribution < -0.4 is 15.4 Å². The van der Waals surface area contributed by atoms with Crippen molar-refractivity contribution in [2.45, 2.75) is 12.6 Å². The number of hydrogen-bond donors (Lipinski definition) is 2. The molecule has 3 N–H and O–H groups in total. The van der Waals surface area contributed by atoms with Crippen molar-refractivity contribution in [2.24, 2.45) is 5.73 Å². The van der Waals surface area contributed by atoms with Gasteiger partial charge in [0.15, 0.2) is 6.23 Å². The van der Waals surface area contributed by atoms with Crippen molar-refractivity contribution >= 4 is 50.1 Å². The van der Waals surface area contributed by atoms with E-state index in [4.69, 9.17) is 33.7 Å². The minimum absolute atomic E-state index is 0.316. The summed E-state index contributed by atoms with van der Waals surface area (Å²) in [5, 5.41) is 8.87. The van der Waals surface area contributed by atoms with E-state index in [1.165, 1.54) is 23.0 Å². The Balaban J connectivity index is 1.36. The van der Waals surface area contributed by atoms with Gasteiger partial charge in [-0.15, -0.1) is 0 Å². The molecule has 14 heteroatoms. The zero-order valence-electron chi connectivity index (χ0n) is 19.8. The Bertz CT molecular complexity index is 1510. The first-order chi connectivity index (χ1) is 17.7. The largest absolute Gasteiger partial charge is 0.471 e. The van der Waals surface area contributed by atoms with Crippen LogP contribution in [0.4, 0.5) is 5.95 Å². The van der Waals surface area contributed by atoms with Crippen molar-refractivity contribution in [2.75, 3.05) is 37.3 Å². The summed E-state index contributed by atoms with van der Waals surface area (Å²) >= 11 is 12.4. The molecule has 4 aromatic rings. The molecule has 0 spiro atoms. The second-order valence-corrected chi connectivity index (χ2v) is 11.4. The fourth-order valence-electron chi connectivity index (χ4n) is 4.22. The summed E-state index contributed by atoms with van der Waals surface area (Å²) in [7, 11) is -3.22. The van der Waals surface area contributed by atoms with Gasteiger partial charge in [-0.2, -0.15) is 5.10 Å². The fourth-order valence-corrected chi connectivity index (χ4v) is 5.67. The zero-order chi connectivity index (χ0) is 26.2. The lowest BCUT2D eigenvalue weighted by Crippen LogP contribution is -2.34. The maximum absolute atomic E-state index is 11.9. The molecule has 0 unspecified atom stereocenters. The molecule has 4 heterocycles. The van der Waals surface area contributed by atoms with Gasteiger partial charge >= 0.3 is 0 Å². The molecule has 1 atom stereocenters. The number of benzene rings is 1. The molecule has 1 aliphatic heterocycles. The number of anilines is 1. The molecule has 1 fully saturated rings. The van der Waals surface area contributed by atoms with Crippen molar-refractivity contribution in [3.63, 3.8) is 0 Å². The van der Waals surface area contributed by atoms with Crippen LogP contribution in [0.15, 0.2) is 43.0 Å². The molecule has 1 saturated heterocycles. The molecule has 0 amide bonds. The van der Waals surface area contributed by atoms with Gasteiger partial charge in [-0.1, -0.05) is 23.2 Å². The average Bonchev–Trinajstić information content (AvgIpc) is 3.10. The molecular formula is C23H24Cl2N8O3S. The predicted molar refractivity (Wildman–Crippen MR) is 142 cm³/mol. The second kappa shape index (κ2) is 10.4. The van der Waals surface area contributed by atoms with Gasteiger partial charge in [0.2, 0.25) is 16.0 Å². The van der Waals surface area contributed by atoms with Crippen LogP contribution in [0, 0.1) is 0 Å². The van der Waals surface area contributed by atoms with Crippen LogP contribution >= 0.6 is 23.2 Å². The highest BCUT2D eigenvalue weighted by molar-refractivity contribution is 7.88. The number of H-pyrrole nitrogens is 1. The summed E-state index contributed by atoms with van der Waals surface area (Å²) in [6.45, 7) is 2.07. The number of aromatic nitrogens is 5. The second-order valence-electron chi connectivity index (χ2n) is 8.61. The van der Waals surface area contributed by atoms with Gasteiger partial charge in [0, 0.05) is 67.5 Å². The third kappa shape index (κ3) is 5.48. The number of aromatic amines is 1. The SMILES string of the molecule is CS(=O)(=O)N1CCCN(c2ncc(-c3n[nH]c4ccc(O[C@H](N)c5c(Cl)cncc5Cl)cc34)cn2)CC1. The molecule has 194 valence electrons. The summed E-state index contributed by atoms with van der Waals surface area (Å²) in [5.41, 5.74) is 8.84. The van der Waals surface area contributed by atoms with Gasteiger partial charge in [0.05, 0.1) is 21.8 Å². The predicted octanol–water partition coefficient (Wildman–Crippen LogP) is 3.23. The smallest absolute Gasteiger partial charge is 0.225 e. The molecule has 0 aliphatic carbocycles. The summed E-state index contributed by atoms with van der Waals surface area (Å²) in [6, 6.07) is 5.43. The number of hydrogen-bond acceptors (Lipinski definition) is 9. The molecule has 0 saturated carbocycles. The first kappa shape index (κ1) is 25.6. The van der Waals surface area contributed by atoms with Crippen molar-refractivity contribution in [3.8, 4) is 17.0 Å². The minimum Gasteiger partial charge on any atom is -0.471 e. The van der Waals surface area contributed by atoms with E-state index in [1.54, 1.807) is 18.5 Å². The topological polar surface area (TPSA) is 143 Å². The average molecular weight is 563 g/mol. The van der Waals surface area contributed by atoms with Crippen molar-refractivity contribution < 1.29 is 13.2 Å². The number of pyridine rings is 1. The van der Waals surface area contributed by atoms with Gasteiger partial charge in [-0.05, 0) is 24.6 Å². The number of sulfonamides is 1. The summed E-state index contributed by atoms with van der Waals surface area (Å²) in [5.74, 6) is 1.05. The number of halogens is 2. The van der Waals surface area contributed by atoms with E-state index < -0.39 is 16.3 Å². The van der Waals surface area contributed by atoms with E-state index in [0.29, 0.717) is 71.2 Å². The monoisotopic (exact) mass is 562 g/mol. The summed E-state index contributed by atoms with van der Waals surface area (Å²) in [4.78, 5) is 15.0. The molecule has 0 radical (unpaired) electrons. The van der Waals surface area contributed by atoms with Gasteiger partial charge in [0.25, 0.3) is 0 Å². The fraction of sp³-hybridized carbons (Fsp3) is 0.304. The molecule has 37 heavy (non-hydrogen) atoms. The summed E-state index contributed by atoms with van der Waals surface area (Å²) < 4.78 is 31.2. The Kier molecular flexibility index (Phi) is 7.19. The van der Waals surface area contributed by atoms with Gasteiger partial charge < -0.3 is 9.64 Å². The van der Waals surface area contributed by atoms with Gasteiger partial charge in [0.1, 0.15) is 11.4 Å². The Morgan fingerprint density at radius 2 is 1.78 bits per heavy atom. The van der Waals surface area contributed by atoms with Gasteiger partial charge in [-0.3, -0.25) is 15.8 Å². The van der Waals surface area contributed by atoms with Crippen LogP contribution in [0.25, 0.3) is 22.2 Å². The molecule has 11 nitrogen and oxygen atoms in total. The molecule has 0 bridgehead atoms. The highest BCUT2D eigenvalue weighted by Gasteiger charge is 2.23. The standard InChI is InChI=1S/C23H24Cl2N8O3S/c1-37(34,35)33-6-2-5-32(7-8-33)23-28-10-14(11-29-23)21-16-9-15(3-4-19(16)30-31-21)36-22(26)20-17(24)12-27-13-18(20)25/h3-4,9-13,22H,2,5-8,26H2,1H3,(H,30,31)/t22-/m0/s1. The summed E-state index contributed by atoms with van der Waals surface area (Å²) in [6.07, 6.45) is 7.35. The minimum atomic E-state index is -3.22. The van der Waals surface area contributed by atoms with Crippen molar-refractivity contribution in [1.29, 1.82) is 0 Å². The normalized spacial score (nSPS) is 16.1. The van der Waals surface area contributed by atoms with Crippen LogP contribution in [0.1, 0.15) is 18.2 Å². The Morgan fingerprint density at radius 1 is 1.05 bits per heavy atom. The number of rotatable bonds is 6. The van der Waals surface area contributed by atoms with Crippen molar-refractivity contribution in [3.05, 3.63) is 58.6 Å². The number of ether oxygens (including phenoxy) is 1. The lowest BCUT2D eigenvalue weighted by atomic mass is 10.1. The maximum atomic E-state index is 11.9. The third-order valence-corrected chi connectivity index (χ3v) is 8.00. The van der Waals surface area contributed by atoms with Crippen LogP contribution in [0.3, 0.4) is 0 Å². The van der Waals surface area contributed by atoms with Crippen LogP contribution in [0.2, 0.25) is 10.0 Å². The molecule has 1 aromatic carbocycles. The van der Waals surface area contributed by atoms with Crippen LogP contribution in [-0.2, 0) is 10.0 Å². The molecule has 3 aromatic heterocycles. The van der Waals surface area contributed by atoms with E-state index in [2.05, 4.69) is 25.1 Å². The van der Waals surface area contributed by atoms with Gasteiger partial charge in [-0.25, -0.2) is 22.7 Å². The number of nitrogens with zero attached hydrogens (tertiary/aromatic N) is 6. The number of nitrogens with one attached hydrogen (secondary N) is 1. The highest BCUT2D eigenvalue weighted by Crippen LogP contribution is 2.33. The van der Waals surface area contributed by atoms with Crippen LogP contribution in [-0.4, -0.2) is 70.3 Å². The lowest BCUT2D eigenvalue weighted by molar-refractivity contribution is 0.214. The molecule has 5 rings (SSSR count). The number of nitrogens with two attached hydrogens (primary N) is 1. The molecule has 1 aliphatic rings. The highest BCUT2D eigenvalue weighted by atomic mass is 35.5. The zero-order valence-corrected chi connectivity index (χ0v) is 22.1. The Labute approximate surface area is 223 Å². The lowest BCUT2D eigenvalue weighted by Gasteiger charge is -2.20. The quantitative estimate of drug-likeness (QED) is 0.338. The van der Waals surface area contributed by atoms with E-state index in [1.807, 2.05) is 17.0 Å². The van der Waals surface area contributed by atoms with E-state index in [0.717, 1.165) is 10.9 Å². The number of fused-ring (bicyclic) bond motifs is 1. The van der Waals surface area contributed by atoms with Crippen molar-refractivity contribution in [1.82, 2.24) is 29.5 Å². The van der Waals surface area contributed by atoms with E-state index in [-0.39, 0.29) is 0 Å². The maximum Gasteiger partial charge on any atom is 0.225 e. The van der Waals surface area contributed by atoms with E-state index in [9.17, 15) is 8.42 Å². The third-order valence-electron chi connectivity index (χ3n) is 6.09. The van der Waals surface area contributed by atoms with E-state index >= 15 is 0 Å². The Hall–Kier alpha value is -3.03. The Morgan fingerprint density at radius 3 is 2.49 bits per heavy atom.